The molecular weight excluding hydrogens is 492 g/mol. The summed E-state index contributed by atoms with van der Waals surface area (Å²) >= 11 is 6.11. The minimum absolute atomic E-state index is 0.00292. The molecule has 1 aliphatic heterocycles. The van der Waals surface area contributed by atoms with Gasteiger partial charge >= 0.3 is 5.97 Å². The predicted octanol–water partition coefficient (Wildman–Crippen LogP) is 4.74. The number of benzene rings is 2. The third-order valence-electron chi connectivity index (χ3n) is 7.42. The molecule has 0 unspecified atom stereocenters. The van der Waals surface area contributed by atoms with E-state index in [1.165, 1.54) is 6.42 Å². The Bertz CT molecular complexity index is 1210. The van der Waals surface area contributed by atoms with E-state index in [0.717, 1.165) is 31.2 Å². The summed E-state index contributed by atoms with van der Waals surface area (Å²) in [7, 11) is 0. The second-order valence-corrected chi connectivity index (χ2v) is 10.3. The molecule has 194 valence electrons. The van der Waals surface area contributed by atoms with Crippen LogP contribution < -0.4 is 0 Å². The predicted molar refractivity (Wildman–Crippen MR) is 138 cm³/mol. The van der Waals surface area contributed by atoms with Crippen molar-refractivity contribution < 1.29 is 19.4 Å². The molecule has 1 saturated heterocycles. The highest BCUT2D eigenvalue weighted by atomic mass is 35.5. The van der Waals surface area contributed by atoms with Crippen LogP contribution >= 0.6 is 11.6 Å². The van der Waals surface area contributed by atoms with Gasteiger partial charge in [0.05, 0.1) is 29.9 Å². The third kappa shape index (κ3) is 5.86. The van der Waals surface area contributed by atoms with E-state index >= 15 is 0 Å². The standard InChI is InChI=1S/C28H31ClN4O4/c29-22-13-11-19(12-14-22)24-15-26(34)25(17-32(24)27(35)20-7-3-1-4-8-20)33-16-23(30-31-33)18-37-28(36)21-9-5-2-6-10-21/h2,5-6,9-14,16,20,24-26,34H,1,3-4,7-8,15,17-18H2/t24-,25+,26-/m1/s1. The van der Waals surface area contributed by atoms with Gasteiger partial charge in [0, 0.05) is 23.9 Å². The topological polar surface area (TPSA) is 97.5 Å². The van der Waals surface area contributed by atoms with E-state index in [9.17, 15) is 14.7 Å². The van der Waals surface area contributed by atoms with Crippen LogP contribution in [0.15, 0.2) is 60.8 Å². The molecule has 9 heteroatoms. The van der Waals surface area contributed by atoms with Crippen LogP contribution in [0, 0.1) is 5.92 Å². The Morgan fingerprint density at radius 1 is 1.03 bits per heavy atom. The first-order valence-corrected chi connectivity index (χ1v) is 13.2. The van der Waals surface area contributed by atoms with E-state index in [-0.39, 0.29) is 24.5 Å². The number of amides is 1. The molecule has 37 heavy (non-hydrogen) atoms. The minimum atomic E-state index is -0.738. The average molecular weight is 523 g/mol. The number of aliphatic hydroxyl groups is 1. The van der Waals surface area contributed by atoms with Gasteiger partial charge in [-0.1, -0.05) is 66.4 Å². The summed E-state index contributed by atoms with van der Waals surface area (Å²) in [5, 5.41) is 20.1. The monoisotopic (exact) mass is 522 g/mol. The Morgan fingerprint density at radius 2 is 1.76 bits per heavy atom. The van der Waals surface area contributed by atoms with Crippen molar-refractivity contribution in [1.29, 1.82) is 0 Å². The van der Waals surface area contributed by atoms with Crippen molar-refractivity contribution in [3.05, 3.63) is 82.6 Å². The van der Waals surface area contributed by atoms with Crippen molar-refractivity contribution in [3.63, 3.8) is 0 Å². The number of rotatable bonds is 6. The van der Waals surface area contributed by atoms with Crippen molar-refractivity contribution in [2.24, 2.45) is 5.92 Å². The van der Waals surface area contributed by atoms with Gasteiger partial charge in [0.2, 0.25) is 5.91 Å². The SMILES string of the molecule is O=C(OCc1cn([C@H]2CN(C(=O)C3CCCCC3)[C@@H](c3ccc(Cl)cc3)C[C@H]2O)nn1)c1ccccc1. The maximum Gasteiger partial charge on any atom is 0.338 e. The van der Waals surface area contributed by atoms with Crippen molar-refractivity contribution in [1.82, 2.24) is 19.9 Å². The molecule has 1 aromatic heterocycles. The third-order valence-corrected chi connectivity index (χ3v) is 7.67. The molecule has 0 radical (unpaired) electrons. The van der Waals surface area contributed by atoms with E-state index in [1.807, 2.05) is 35.2 Å². The number of nitrogens with zero attached hydrogens (tertiary/aromatic N) is 4. The van der Waals surface area contributed by atoms with E-state index in [0.29, 0.717) is 29.2 Å². The van der Waals surface area contributed by atoms with Crippen LogP contribution in [0.3, 0.4) is 0 Å². The molecule has 3 atom stereocenters. The summed E-state index contributed by atoms with van der Waals surface area (Å²) < 4.78 is 6.97. The van der Waals surface area contributed by atoms with Gasteiger partial charge in [0.25, 0.3) is 0 Å². The second kappa shape index (κ2) is 11.4. The molecular formula is C28H31ClN4O4. The number of ether oxygens (including phenoxy) is 1. The summed E-state index contributed by atoms with van der Waals surface area (Å²) in [6.45, 7) is 0.283. The van der Waals surface area contributed by atoms with Gasteiger partial charge in [-0.15, -0.1) is 5.10 Å². The van der Waals surface area contributed by atoms with Crippen molar-refractivity contribution in [2.45, 2.75) is 63.3 Å². The molecule has 5 rings (SSSR count). The van der Waals surface area contributed by atoms with Gasteiger partial charge < -0.3 is 14.7 Å². The molecule has 0 spiro atoms. The number of carbonyl (C=O) groups excluding carboxylic acids is 2. The fourth-order valence-electron chi connectivity index (χ4n) is 5.39. The maximum absolute atomic E-state index is 13.7. The van der Waals surface area contributed by atoms with Crippen LogP contribution in [0.25, 0.3) is 0 Å². The Kier molecular flexibility index (Phi) is 7.86. The number of aliphatic hydroxyl groups excluding tert-OH is 1. The first kappa shape index (κ1) is 25.4. The van der Waals surface area contributed by atoms with E-state index in [2.05, 4.69) is 10.3 Å². The Balaban J connectivity index is 1.32. The molecule has 1 saturated carbocycles. The van der Waals surface area contributed by atoms with Crippen LogP contribution in [0.4, 0.5) is 0 Å². The number of hydrogen-bond acceptors (Lipinski definition) is 6. The smallest absolute Gasteiger partial charge is 0.338 e. The molecule has 2 fully saturated rings. The van der Waals surface area contributed by atoms with Crippen molar-refractivity contribution in [2.75, 3.05) is 6.54 Å². The lowest BCUT2D eigenvalue weighted by Crippen LogP contribution is -2.50. The van der Waals surface area contributed by atoms with Crippen LogP contribution in [0.2, 0.25) is 5.02 Å². The van der Waals surface area contributed by atoms with Crippen LogP contribution in [0.5, 0.6) is 0 Å². The number of aromatic nitrogens is 3. The summed E-state index contributed by atoms with van der Waals surface area (Å²) in [4.78, 5) is 27.9. The zero-order chi connectivity index (χ0) is 25.8. The first-order chi connectivity index (χ1) is 18.0. The fourth-order valence-corrected chi connectivity index (χ4v) is 5.52. The average Bonchev–Trinajstić information content (AvgIpc) is 3.41. The lowest BCUT2D eigenvalue weighted by atomic mass is 9.85. The zero-order valence-electron chi connectivity index (χ0n) is 20.6. The van der Waals surface area contributed by atoms with E-state index < -0.39 is 18.1 Å². The molecule has 3 aromatic rings. The second-order valence-electron chi connectivity index (χ2n) is 9.90. The van der Waals surface area contributed by atoms with Gasteiger partial charge in [0.15, 0.2) is 0 Å². The number of carbonyl (C=O) groups is 2. The lowest BCUT2D eigenvalue weighted by molar-refractivity contribution is -0.144. The Morgan fingerprint density at radius 3 is 2.49 bits per heavy atom. The number of esters is 1. The Labute approximate surface area is 221 Å². The van der Waals surface area contributed by atoms with Gasteiger partial charge in [0.1, 0.15) is 12.3 Å². The largest absolute Gasteiger partial charge is 0.455 e. The zero-order valence-corrected chi connectivity index (χ0v) is 21.3. The number of halogens is 1. The molecule has 1 aliphatic carbocycles. The van der Waals surface area contributed by atoms with Crippen LogP contribution in [-0.2, 0) is 16.1 Å². The summed E-state index contributed by atoms with van der Waals surface area (Å²) in [6, 6.07) is 15.5. The summed E-state index contributed by atoms with van der Waals surface area (Å²) in [6.07, 6.45) is 6.42. The molecule has 1 N–H and O–H groups in total. The van der Waals surface area contributed by atoms with Gasteiger partial charge in [-0.3, -0.25) is 4.79 Å². The highest BCUT2D eigenvalue weighted by molar-refractivity contribution is 6.30. The molecule has 8 nitrogen and oxygen atoms in total. The number of piperidine rings is 1. The molecule has 0 bridgehead atoms. The van der Waals surface area contributed by atoms with Crippen molar-refractivity contribution in [3.8, 4) is 0 Å². The van der Waals surface area contributed by atoms with Gasteiger partial charge in [-0.25, -0.2) is 9.48 Å². The number of likely N-dealkylation sites (tertiary alicyclic amines) is 1. The highest BCUT2D eigenvalue weighted by Gasteiger charge is 2.41. The van der Waals surface area contributed by atoms with E-state index in [1.54, 1.807) is 35.1 Å². The van der Waals surface area contributed by atoms with E-state index in [4.69, 9.17) is 16.3 Å². The lowest BCUT2D eigenvalue weighted by Gasteiger charge is -2.44. The summed E-state index contributed by atoms with van der Waals surface area (Å²) in [5.41, 5.74) is 1.89. The highest BCUT2D eigenvalue weighted by Crippen LogP contribution is 2.38. The fraction of sp³-hybridized carbons (Fsp3) is 0.429. The van der Waals surface area contributed by atoms with Gasteiger partial charge in [-0.2, -0.15) is 0 Å². The Hall–Kier alpha value is -3.23. The van der Waals surface area contributed by atoms with Gasteiger partial charge in [-0.05, 0) is 42.7 Å². The first-order valence-electron chi connectivity index (χ1n) is 12.9. The normalized spacial score (nSPS) is 22.5. The van der Waals surface area contributed by atoms with Crippen LogP contribution in [-0.4, -0.2) is 49.5 Å². The molecule has 2 aliphatic rings. The maximum atomic E-state index is 13.7. The molecule has 2 aromatic carbocycles. The van der Waals surface area contributed by atoms with Crippen LogP contribution in [0.1, 0.15) is 72.2 Å². The summed E-state index contributed by atoms with van der Waals surface area (Å²) in [5.74, 6) is -0.306. The quantitative estimate of drug-likeness (QED) is 0.469. The molecule has 2 heterocycles. The van der Waals surface area contributed by atoms with Crippen molar-refractivity contribution >= 4 is 23.5 Å². The minimum Gasteiger partial charge on any atom is -0.455 e. The molecule has 1 amide bonds. The number of hydrogen-bond donors (Lipinski definition) is 1.